The third-order valence-electron chi connectivity index (χ3n) is 6.17. The van der Waals surface area contributed by atoms with Gasteiger partial charge in [0, 0.05) is 11.3 Å². The van der Waals surface area contributed by atoms with Crippen LogP contribution in [0.4, 0.5) is 0 Å². The molecule has 0 atom stereocenters. The van der Waals surface area contributed by atoms with Gasteiger partial charge < -0.3 is 4.42 Å². The van der Waals surface area contributed by atoms with Crippen molar-refractivity contribution in [3.05, 3.63) is 112 Å². The summed E-state index contributed by atoms with van der Waals surface area (Å²) in [6.07, 6.45) is 1.69. The zero-order valence-corrected chi connectivity index (χ0v) is 20.7. The van der Waals surface area contributed by atoms with Crippen LogP contribution in [0.25, 0.3) is 28.1 Å². The summed E-state index contributed by atoms with van der Waals surface area (Å²) in [5, 5.41) is 10.2. The van der Waals surface area contributed by atoms with Crippen molar-refractivity contribution in [1.82, 2.24) is 24.1 Å². The Labute approximate surface area is 211 Å². The van der Waals surface area contributed by atoms with Crippen LogP contribution in [-0.4, -0.2) is 24.1 Å². The zero-order valence-electron chi connectivity index (χ0n) is 19.9. The van der Waals surface area contributed by atoms with E-state index in [1.54, 1.807) is 10.8 Å². The standard InChI is InChI=1S/C28H23N5O2S/c1-18-12-13-22(19(2)14-18)25-29-21(16-35-25)17-36-28-31-30-27-32(15-20-8-4-3-5-9-20)26(34)23-10-6-7-11-24(23)33(27)28/h3-14,16H,15,17H2,1-2H3. The molecule has 7 nitrogen and oxygen atoms in total. The van der Waals surface area contributed by atoms with Gasteiger partial charge in [0.2, 0.25) is 11.7 Å². The van der Waals surface area contributed by atoms with Gasteiger partial charge in [0.1, 0.15) is 6.26 Å². The molecular formula is C28H23N5O2S. The molecule has 0 saturated carbocycles. The molecule has 3 aromatic heterocycles. The highest BCUT2D eigenvalue weighted by atomic mass is 32.2. The number of para-hydroxylation sites is 1. The van der Waals surface area contributed by atoms with Crippen molar-refractivity contribution in [2.24, 2.45) is 0 Å². The zero-order chi connectivity index (χ0) is 24.6. The van der Waals surface area contributed by atoms with E-state index in [2.05, 4.69) is 36.2 Å². The molecule has 0 amide bonds. The van der Waals surface area contributed by atoms with E-state index < -0.39 is 0 Å². The predicted octanol–water partition coefficient (Wildman–Crippen LogP) is 5.66. The van der Waals surface area contributed by atoms with Crippen LogP contribution in [0.5, 0.6) is 0 Å². The van der Waals surface area contributed by atoms with Gasteiger partial charge in [0.15, 0.2) is 5.16 Å². The Bertz CT molecular complexity index is 1770. The summed E-state index contributed by atoms with van der Waals surface area (Å²) in [7, 11) is 0. The number of hydrogen-bond donors (Lipinski definition) is 0. The number of thioether (sulfide) groups is 1. The Hall–Kier alpha value is -4.17. The molecule has 0 radical (unpaired) electrons. The first kappa shape index (κ1) is 22.3. The SMILES string of the molecule is Cc1ccc(-c2nc(CSc3nnc4n(Cc5ccccc5)c(=O)c5ccccc5n34)co2)c(C)c1. The molecule has 0 saturated heterocycles. The van der Waals surface area contributed by atoms with E-state index >= 15 is 0 Å². The van der Waals surface area contributed by atoms with E-state index in [0.717, 1.165) is 27.9 Å². The van der Waals surface area contributed by atoms with E-state index in [-0.39, 0.29) is 5.56 Å². The molecule has 0 unspecified atom stereocenters. The Kier molecular flexibility index (Phi) is 5.65. The molecule has 0 aliphatic heterocycles. The fourth-order valence-electron chi connectivity index (χ4n) is 4.42. The van der Waals surface area contributed by atoms with Gasteiger partial charge in [0.05, 0.1) is 23.1 Å². The first-order valence-corrected chi connectivity index (χ1v) is 12.6. The van der Waals surface area contributed by atoms with Gasteiger partial charge in [-0.05, 0) is 43.2 Å². The van der Waals surface area contributed by atoms with Crippen molar-refractivity contribution in [3.63, 3.8) is 0 Å². The Morgan fingerprint density at radius 3 is 2.58 bits per heavy atom. The highest BCUT2D eigenvalue weighted by molar-refractivity contribution is 7.98. The summed E-state index contributed by atoms with van der Waals surface area (Å²) in [5.74, 6) is 1.68. The van der Waals surface area contributed by atoms with Gasteiger partial charge in [-0.1, -0.05) is 71.9 Å². The van der Waals surface area contributed by atoms with Gasteiger partial charge in [-0.25, -0.2) is 4.98 Å². The third-order valence-corrected chi connectivity index (χ3v) is 7.14. The molecule has 0 aliphatic carbocycles. The lowest BCUT2D eigenvalue weighted by Crippen LogP contribution is -2.24. The highest BCUT2D eigenvalue weighted by Gasteiger charge is 2.18. The number of benzene rings is 3. The van der Waals surface area contributed by atoms with Crippen LogP contribution in [0.2, 0.25) is 0 Å². The second-order valence-corrected chi connectivity index (χ2v) is 9.71. The van der Waals surface area contributed by atoms with Gasteiger partial charge in [-0.2, -0.15) is 0 Å². The second kappa shape index (κ2) is 9.13. The summed E-state index contributed by atoms with van der Waals surface area (Å²) in [6.45, 7) is 4.54. The van der Waals surface area contributed by atoms with Crippen molar-refractivity contribution >= 4 is 28.4 Å². The number of hydrogen-bond acceptors (Lipinski definition) is 6. The van der Waals surface area contributed by atoms with E-state index in [9.17, 15) is 4.79 Å². The van der Waals surface area contributed by atoms with Crippen LogP contribution in [0, 0.1) is 13.8 Å². The summed E-state index contributed by atoms with van der Waals surface area (Å²) < 4.78 is 9.43. The van der Waals surface area contributed by atoms with E-state index in [4.69, 9.17) is 9.40 Å². The molecule has 3 heterocycles. The van der Waals surface area contributed by atoms with Crippen molar-refractivity contribution in [2.75, 3.05) is 0 Å². The Morgan fingerprint density at radius 2 is 1.75 bits per heavy atom. The molecule has 6 rings (SSSR count). The van der Waals surface area contributed by atoms with E-state index in [0.29, 0.717) is 34.5 Å². The quantitative estimate of drug-likeness (QED) is 0.279. The first-order chi connectivity index (χ1) is 17.6. The maximum atomic E-state index is 13.4. The minimum atomic E-state index is -0.0829. The van der Waals surface area contributed by atoms with Crippen LogP contribution < -0.4 is 5.56 Å². The third kappa shape index (κ3) is 3.99. The number of rotatable bonds is 6. The van der Waals surface area contributed by atoms with E-state index in [1.807, 2.05) is 65.1 Å². The second-order valence-electron chi connectivity index (χ2n) is 8.76. The van der Waals surface area contributed by atoms with Crippen molar-refractivity contribution in [1.29, 1.82) is 0 Å². The van der Waals surface area contributed by atoms with Crippen LogP contribution in [0.15, 0.2) is 93.4 Å². The van der Waals surface area contributed by atoms with Crippen molar-refractivity contribution < 1.29 is 4.42 Å². The normalized spacial score (nSPS) is 11.5. The monoisotopic (exact) mass is 493 g/mol. The number of fused-ring (bicyclic) bond motifs is 3. The lowest BCUT2D eigenvalue weighted by molar-refractivity contribution is 0.573. The van der Waals surface area contributed by atoms with Gasteiger partial charge in [0.25, 0.3) is 5.56 Å². The lowest BCUT2D eigenvalue weighted by atomic mass is 10.1. The average molecular weight is 494 g/mol. The predicted molar refractivity (Wildman–Crippen MR) is 141 cm³/mol. The molecule has 3 aromatic carbocycles. The van der Waals surface area contributed by atoms with Gasteiger partial charge in [-0.3, -0.25) is 13.8 Å². The number of nitrogens with zero attached hydrogens (tertiary/aromatic N) is 5. The molecular weight excluding hydrogens is 470 g/mol. The smallest absolute Gasteiger partial charge is 0.263 e. The van der Waals surface area contributed by atoms with Gasteiger partial charge >= 0.3 is 0 Å². The molecule has 178 valence electrons. The molecule has 0 spiro atoms. The Morgan fingerprint density at radius 1 is 0.944 bits per heavy atom. The van der Waals surface area contributed by atoms with Crippen LogP contribution >= 0.6 is 11.8 Å². The number of oxazole rings is 1. The van der Waals surface area contributed by atoms with Crippen LogP contribution in [0.1, 0.15) is 22.4 Å². The van der Waals surface area contributed by atoms with Crippen LogP contribution in [0.3, 0.4) is 0 Å². The molecule has 0 bridgehead atoms. The summed E-state index contributed by atoms with van der Waals surface area (Å²) >= 11 is 1.51. The highest BCUT2D eigenvalue weighted by Crippen LogP contribution is 2.28. The maximum Gasteiger partial charge on any atom is 0.263 e. The Balaban J connectivity index is 1.36. The topological polar surface area (TPSA) is 78.2 Å². The van der Waals surface area contributed by atoms with E-state index in [1.165, 1.54) is 17.3 Å². The largest absolute Gasteiger partial charge is 0.444 e. The number of aromatic nitrogens is 5. The minimum Gasteiger partial charge on any atom is -0.444 e. The molecule has 0 fully saturated rings. The van der Waals surface area contributed by atoms with Crippen molar-refractivity contribution in [2.45, 2.75) is 31.3 Å². The lowest BCUT2D eigenvalue weighted by Gasteiger charge is -2.11. The molecule has 6 aromatic rings. The van der Waals surface area contributed by atoms with Crippen LogP contribution in [-0.2, 0) is 12.3 Å². The summed E-state index contributed by atoms with van der Waals surface area (Å²) in [6, 6.07) is 23.7. The fourth-order valence-corrected chi connectivity index (χ4v) is 5.24. The molecule has 36 heavy (non-hydrogen) atoms. The molecule has 0 N–H and O–H groups in total. The fraction of sp³-hybridized carbons (Fsp3) is 0.143. The molecule has 8 heteroatoms. The first-order valence-electron chi connectivity index (χ1n) is 11.6. The number of aryl methyl sites for hydroxylation is 2. The average Bonchev–Trinajstić information content (AvgIpc) is 3.53. The summed E-state index contributed by atoms with van der Waals surface area (Å²) in [5.41, 5.74) is 5.85. The summed E-state index contributed by atoms with van der Waals surface area (Å²) in [4.78, 5) is 18.1. The van der Waals surface area contributed by atoms with Gasteiger partial charge in [-0.15, -0.1) is 10.2 Å². The molecule has 0 aliphatic rings. The maximum absolute atomic E-state index is 13.4. The minimum absolute atomic E-state index is 0.0829. The van der Waals surface area contributed by atoms with Crippen molar-refractivity contribution in [3.8, 4) is 11.5 Å².